The van der Waals surface area contributed by atoms with E-state index in [0.717, 1.165) is 33.9 Å². The summed E-state index contributed by atoms with van der Waals surface area (Å²) in [7, 11) is 0. The van der Waals surface area contributed by atoms with E-state index in [0.29, 0.717) is 0 Å². The Kier molecular flexibility index (Phi) is 2.62. The van der Waals surface area contributed by atoms with E-state index in [9.17, 15) is 4.39 Å². The summed E-state index contributed by atoms with van der Waals surface area (Å²) in [5.74, 6) is -0.225. The first-order valence-electron chi connectivity index (χ1n) is 8.81. The van der Waals surface area contributed by atoms with Crippen molar-refractivity contribution >= 4 is 27.5 Å². The van der Waals surface area contributed by atoms with Gasteiger partial charge in [0.05, 0.1) is 11.0 Å². The van der Waals surface area contributed by atoms with Crippen LogP contribution in [-0.4, -0.2) is 9.38 Å². The van der Waals surface area contributed by atoms with Crippen LogP contribution < -0.4 is 0 Å². The molecule has 2 aromatic heterocycles. The lowest BCUT2D eigenvalue weighted by Gasteiger charge is -2.22. The van der Waals surface area contributed by atoms with Gasteiger partial charge in [0.15, 0.2) is 0 Å². The summed E-state index contributed by atoms with van der Waals surface area (Å²) in [5, 5.41) is 1.87. The molecule has 4 aromatic rings. The molecule has 2 nitrogen and oxygen atoms in total. The van der Waals surface area contributed by atoms with Gasteiger partial charge in [-0.1, -0.05) is 33.8 Å². The summed E-state index contributed by atoms with van der Waals surface area (Å²) >= 11 is 0. The molecule has 0 amide bonds. The Balaban J connectivity index is 1.93. The van der Waals surface area contributed by atoms with Crippen molar-refractivity contribution in [3.63, 3.8) is 0 Å². The van der Waals surface area contributed by atoms with Gasteiger partial charge in [-0.25, -0.2) is 9.37 Å². The van der Waals surface area contributed by atoms with Gasteiger partial charge in [-0.2, -0.15) is 0 Å². The van der Waals surface area contributed by atoms with Gasteiger partial charge in [0.2, 0.25) is 0 Å². The highest BCUT2D eigenvalue weighted by Gasteiger charge is 2.42. The predicted octanol–water partition coefficient (Wildman–Crippen LogP) is 5.74. The molecule has 25 heavy (non-hydrogen) atoms. The molecule has 0 atom stereocenters. The van der Waals surface area contributed by atoms with Crippen LogP contribution in [0.5, 0.6) is 0 Å². The third kappa shape index (κ3) is 1.92. The summed E-state index contributed by atoms with van der Waals surface area (Å²) in [4.78, 5) is 4.87. The molecule has 0 radical (unpaired) electrons. The van der Waals surface area contributed by atoms with Crippen LogP contribution in [0.1, 0.15) is 45.2 Å². The highest BCUT2D eigenvalue weighted by molar-refractivity contribution is 5.98. The van der Waals surface area contributed by atoms with Crippen molar-refractivity contribution in [2.45, 2.75) is 44.9 Å². The zero-order valence-corrected chi connectivity index (χ0v) is 15.0. The minimum absolute atomic E-state index is 0.150. The van der Waals surface area contributed by atoms with E-state index in [1.54, 1.807) is 6.07 Å². The third-order valence-electron chi connectivity index (χ3n) is 5.83. The van der Waals surface area contributed by atoms with Crippen molar-refractivity contribution in [2.24, 2.45) is 0 Å². The molecule has 0 aliphatic heterocycles. The topological polar surface area (TPSA) is 17.3 Å². The number of benzene rings is 2. The van der Waals surface area contributed by atoms with E-state index in [1.807, 2.05) is 18.3 Å². The molecule has 3 heteroatoms. The second kappa shape index (κ2) is 4.40. The molecule has 0 fully saturated rings. The molecule has 0 saturated heterocycles. The fourth-order valence-electron chi connectivity index (χ4n) is 4.92. The molecule has 0 N–H and O–H groups in total. The summed E-state index contributed by atoms with van der Waals surface area (Å²) < 4.78 is 15.9. The first kappa shape index (κ1) is 14.9. The molecule has 0 saturated carbocycles. The molecule has 0 bridgehead atoms. The smallest absolute Gasteiger partial charge is 0.145 e. The molecule has 1 aliphatic rings. The predicted molar refractivity (Wildman–Crippen MR) is 101 cm³/mol. The maximum atomic E-state index is 13.8. The number of hydrogen-bond acceptors (Lipinski definition) is 1. The van der Waals surface area contributed by atoms with Gasteiger partial charge < -0.3 is 0 Å². The van der Waals surface area contributed by atoms with Gasteiger partial charge in [0.25, 0.3) is 0 Å². The average molecular weight is 332 g/mol. The lowest BCUT2D eigenvalue weighted by molar-refractivity contribution is 0.403. The highest BCUT2D eigenvalue weighted by atomic mass is 19.1. The van der Waals surface area contributed by atoms with Crippen molar-refractivity contribution in [2.75, 3.05) is 0 Å². The maximum Gasteiger partial charge on any atom is 0.145 e. The fraction of sp³-hybridized carbons (Fsp3) is 0.318. The van der Waals surface area contributed by atoms with E-state index in [-0.39, 0.29) is 16.6 Å². The molecule has 1 aliphatic carbocycles. The zero-order valence-electron chi connectivity index (χ0n) is 15.0. The van der Waals surface area contributed by atoms with Gasteiger partial charge in [-0.05, 0) is 64.1 Å². The van der Waals surface area contributed by atoms with Crippen molar-refractivity contribution in [1.29, 1.82) is 0 Å². The number of hydrogen-bond donors (Lipinski definition) is 0. The Morgan fingerprint density at radius 2 is 1.68 bits per heavy atom. The first-order valence-corrected chi connectivity index (χ1v) is 8.81. The molecule has 126 valence electrons. The first-order chi connectivity index (χ1) is 11.8. The van der Waals surface area contributed by atoms with Gasteiger partial charge in [0, 0.05) is 11.6 Å². The second-order valence-corrected chi connectivity index (χ2v) is 8.68. The molecule has 2 aromatic carbocycles. The Hall–Kier alpha value is -2.42. The van der Waals surface area contributed by atoms with Gasteiger partial charge in [0.1, 0.15) is 11.5 Å². The third-order valence-corrected chi connectivity index (χ3v) is 5.83. The van der Waals surface area contributed by atoms with Gasteiger partial charge >= 0.3 is 0 Å². The van der Waals surface area contributed by atoms with Crippen LogP contribution in [0.2, 0.25) is 0 Å². The van der Waals surface area contributed by atoms with Crippen molar-refractivity contribution < 1.29 is 4.39 Å². The standard InChI is InChI=1S/C22H21FN2/c1-21(2)12-22(3,4)17-11-19-18(10-16(17)21)24-20-15-9-14(23)6-5-13(15)7-8-25(19)20/h5-11H,12H2,1-4H3. The molecule has 0 unspecified atom stereocenters. The Morgan fingerprint density at radius 1 is 0.960 bits per heavy atom. The normalized spacial score (nSPS) is 18.3. The maximum absolute atomic E-state index is 13.8. The quantitative estimate of drug-likeness (QED) is 0.401. The van der Waals surface area contributed by atoms with Gasteiger partial charge in [-0.15, -0.1) is 0 Å². The van der Waals surface area contributed by atoms with E-state index in [2.05, 4.69) is 44.2 Å². The van der Waals surface area contributed by atoms with Crippen molar-refractivity contribution in [3.05, 3.63) is 59.5 Å². The summed E-state index contributed by atoms with van der Waals surface area (Å²) in [6, 6.07) is 11.5. The van der Waals surface area contributed by atoms with Gasteiger partial charge in [-0.3, -0.25) is 4.40 Å². The summed E-state index contributed by atoms with van der Waals surface area (Å²) in [6.45, 7) is 9.26. The van der Waals surface area contributed by atoms with Crippen LogP contribution in [-0.2, 0) is 10.8 Å². The van der Waals surface area contributed by atoms with E-state index >= 15 is 0 Å². The van der Waals surface area contributed by atoms with Crippen LogP contribution in [0.3, 0.4) is 0 Å². The van der Waals surface area contributed by atoms with Crippen molar-refractivity contribution in [3.8, 4) is 0 Å². The zero-order chi connectivity index (χ0) is 17.6. The molecule has 5 rings (SSSR count). The lowest BCUT2D eigenvalue weighted by Crippen LogP contribution is -2.17. The van der Waals surface area contributed by atoms with Crippen LogP contribution in [0.25, 0.3) is 27.5 Å². The summed E-state index contributed by atoms with van der Waals surface area (Å²) in [5.41, 5.74) is 6.02. The molecular weight excluding hydrogens is 311 g/mol. The van der Waals surface area contributed by atoms with E-state index < -0.39 is 0 Å². The van der Waals surface area contributed by atoms with E-state index in [1.165, 1.54) is 17.2 Å². The van der Waals surface area contributed by atoms with E-state index in [4.69, 9.17) is 4.98 Å². The van der Waals surface area contributed by atoms with Crippen LogP contribution in [0.4, 0.5) is 4.39 Å². The van der Waals surface area contributed by atoms with Crippen LogP contribution in [0.15, 0.2) is 42.6 Å². The van der Waals surface area contributed by atoms with Crippen LogP contribution in [0, 0.1) is 5.82 Å². The van der Waals surface area contributed by atoms with Crippen LogP contribution >= 0.6 is 0 Å². The number of fused-ring (bicyclic) bond motifs is 6. The average Bonchev–Trinajstić information content (AvgIpc) is 2.98. The molecule has 0 spiro atoms. The molecular formula is C22H21FN2. The number of pyridine rings is 1. The molecule has 2 heterocycles. The number of halogens is 1. The summed E-state index contributed by atoms with van der Waals surface area (Å²) in [6.07, 6.45) is 3.18. The Bertz CT molecular complexity index is 1180. The lowest BCUT2D eigenvalue weighted by atomic mass is 9.82. The highest BCUT2D eigenvalue weighted by Crippen LogP contribution is 2.50. The number of rotatable bonds is 0. The fourth-order valence-corrected chi connectivity index (χ4v) is 4.92. The SMILES string of the molecule is CC1(C)CC(C)(C)c2cc3c(cc21)nc1c2cc(F)ccc2ccn31. The second-order valence-electron chi connectivity index (χ2n) is 8.68. The number of aromatic nitrogens is 2. The Labute approximate surface area is 146 Å². The number of imidazole rings is 1. The Morgan fingerprint density at radius 3 is 2.44 bits per heavy atom. The minimum atomic E-state index is -0.225. The van der Waals surface area contributed by atoms with Crippen molar-refractivity contribution in [1.82, 2.24) is 9.38 Å². The minimum Gasteiger partial charge on any atom is -0.299 e. The monoisotopic (exact) mass is 332 g/mol. The number of nitrogens with zero attached hydrogens (tertiary/aromatic N) is 2. The largest absolute Gasteiger partial charge is 0.299 e.